The van der Waals surface area contributed by atoms with E-state index in [1.807, 2.05) is 0 Å². The molecule has 0 heterocycles. The van der Waals surface area contributed by atoms with Gasteiger partial charge in [0.15, 0.2) is 0 Å². The van der Waals surface area contributed by atoms with Crippen molar-refractivity contribution in [2.45, 2.75) is 83.5 Å². The average Bonchev–Trinajstić information content (AvgIpc) is 2.39. The fourth-order valence-electron chi connectivity index (χ4n) is 2.60. The Hall–Kier alpha value is -0.550. The van der Waals surface area contributed by atoms with Crippen LogP contribution in [0.5, 0.6) is 0 Å². The van der Waals surface area contributed by atoms with Crippen LogP contribution < -0.4 is 0 Å². The van der Waals surface area contributed by atoms with E-state index in [2.05, 4.69) is 11.8 Å². The van der Waals surface area contributed by atoms with Gasteiger partial charge in [0.1, 0.15) is 0 Å². The monoisotopic (exact) mass is 252 g/mol. The summed E-state index contributed by atoms with van der Waals surface area (Å²) >= 11 is 0. The summed E-state index contributed by atoms with van der Waals surface area (Å²) < 4.78 is 12.4. The van der Waals surface area contributed by atoms with Gasteiger partial charge in [-0.3, -0.25) is 4.39 Å². The van der Waals surface area contributed by atoms with Crippen molar-refractivity contribution in [1.29, 1.82) is 0 Å². The van der Waals surface area contributed by atoms with Gasteiger partial charge in [-0.25, -0.2) is 0 Å². The van der Waals surface area contributed by atoms with Gasteiger partial charge in [-0.1, -0.05) is 51.4 Å². The normalized spacial score (nSPS) is 20.8. The molecule has 0 saturated carbocycles. The van der Waals surface area contributed by atoms with Gasteiger partial charge in [0, 0.05) is 6.42 Å². The van der Waals surface area contributed by atoms with E-state index in [1.165, 1.54) is 69.8 Å². The smallest absolute Gasteiger partial charge is 0.0937 e. The van der Waals surface area contributed by atoms with Crippen LogP contribution in [0.4, 0.5) is 4.39 Å². The third-order valence-electron chi connectivity index (χ3n) is 3.78. The molecule has 0 saturated heterocycles. The van der Waals surface area contributed by atoms with Crippen molar-refractivity contribution in [2.75, 3.05) is 6.67 Å². The SMILES string of the molecule is FCCC1=C=CCCCCCCCCCCCC1. The van der Waals surface area contributed by atoms with Crippen molar-refractivity contribution < 1.29 is 4.39 Å². The number of halogens is 1. The first-order chi connectivity index (χ1) is 8.93. The highest BCUT2D eigenvalue weighted by atomic mass is 19.1. The minimum absolute atomic E-state index is 0.226. The molecule has 1 heteroatoms. The zero-order chi connectivity index (χ0) is 12.9. The van der Waals surface area contributed by atoms with E-state index in [4.69, 9.17) is 0 Å². The van der Waals surface area contributed by atoms with Crippen LogP contribution in [0.2, 0.25) is 0 Å². The molecule has 0 N–H and O–H groups in total. The van der Waals surface area contributed by atoms with Crippen molar-refractivity contribution in [3.8, 4) is 0 Å². The molecule has 0 unspecified atom stereocenters. The highest BCUT2D eigenvalue weighted by Gasteiger charge is 1.98. The molecule has 0 aromatic heterocycles. The first-order valence-electron chi connectivity index (χ1n) is 7.92. The molecule has 0 spiro atoms. The molecule has 0 aromatic rings. The first-order valence-corrected chi connectivity index (χ1v) is 7.92. The van der Waals surface area contributed by atoms with Crippen molar-refractivity contribution in [3.05, 3.63) is 17.4 Å². The van der Waals surface area contributed by atoms with Gasteiger partial charge in [0.2, 0.25) is 0 Å². The Morgan fingerprint density at radius 1 is 0.833 bits per heavy atom. The average molecular weight is 252 g/mol. The van der Waals surface area contributed by atoms with Crippen LogP contribution in [0, 0.1) is 0 Å². The molecule has 1 rings (SSSR count). The van der Waals surface area contributed by atoms with E-state index in [0.717, 1.165) is 12.8 Å². The summed E-state index contributed by atoms with van der Waals surface area (Å²) in [6.45, 7) is -0.226. The predicted molar refractivity (Wildman–Crippen MR) is 77.6 cm³/mol. The summed E-state index contributed by atoms with van der Waals surface area (Å²) in [7, 11) is 0. The van der Waals surface area contributed by atoms with E-state index in [0.29, 0.717) is 6.42 Å². The fourth-order valence-corrected chi connectivity index (χ4v) is 2.60. The first kappa shape index (κ1) is 15.5. The second kappa shape index (κ2) is 11.5. The van der Waals surface area contributed by atoms with Crippen LogP contribution in [0.25, 0.3) is 0 Å². The minimum atomic E-state index is -0.226. The maximum atomic E-state index is 12.4. The van der Waals surface area contributed by atoms with Crippen LogP contribution in [0.3, 0.4) is 0 Å². The van der Waals surface area contributed by atoms with Gasteiger partial charge in [-0.05, 0) is 37.3 Å². The van der Waals surface area contributed by atoms with Gasteiger partial charge in [0.05, 0.1) is 6.67 Å². The van der Waals surface area contributed by atoms with Gasteiger partial charge >= 0.3 is 0 Å². The molecule has 0 fully saturated rings. The van der Waals surface area contributed by atoms with E-state index < -0.39 is 0 Å². The molecule has 0 radical (unpaired) electrons. The van der Waals surface area contributed by atoms with Crippen LogP contribution in [0.15, 0.2) is 17.4 Å². The van der Waals surface area contributed by atoms with E-state index in [1.54, 1.807) is 0 Å². The molecular weight excluding hydrogens is 223 g/mol. The maximum Gasteiger partial charge on any atom is 0.0937 e. The van der Waals surface area contributed by atoms with Gasteiger partial charge < -0.3 is 0 Å². The summed E-state index contributed by atoms with van der Waals surface area (Å²) in [5.41, 5.74) is 4.54. The summed E-state index contributed by atoms with van der Waals surface area (Å²) in [6.07, 6.45) is 18.4. The Balaban J connectivity index is 2.38. The second-order valence-electron chi connectivity index (χ2n) is 5.47. The fraction of sp³-hybridized carbons (Fsp3) is 0.824. The van der Waals surface area contributed by atoms with Gasteiger partial charge in [-0.2, -0.15) is 0 Å². The minimum Gasteiger partial charge on any atom is -0.251 e. The highest BCUT2D eigenvalue weighted by Crippen LogP contribution is 2.16. The number of hydrogen-bond acceptors (Lipinski definition) is 0. The zero-order valence-electron chi connectivity index (χ0n) is 11.9. The highest BCUT2D eigenvalue weighted by molar-refractivity contribution is 5.02. The summed E-state index contributed by atoms with van der Waals surface area (Å²) in [4.78, 5) is 0. The molecule has 1 aliphatic rings. The molecule has 0 bridgehead atoms. The third-order valence-corrected chi connectivity index (χ3v) is 3.78. The third kappa shape index (κ3) is 8.53. The van der Waals surface area contributed by atoms with E-state index in [-0.39, 0.29) is 6.67 Å². The van der Waals surface area contributed by atoms with Crippen LogP contribution >= 0.6 is 0 Å². The summed E-state index contributed by atoms with van der Waals surface area (Å²) in [5.74, 6) is 0. The number of hydrogen-bond donors (Lipinski definition) is 0. The lowest BCUT2D eigenvalue weighted by Crippen LogP contribution is -1.86. The molecule has 104 valence electrons. The molecule has 0 amide bonds. The molecule has 18 heavy (non-hydrogen) atoms. The predicted octanol–water partition coefficient (Wildman–Crippen LogP) is 6.12. The van der Waals surface area contributed by atoms with Crippen molar-refractivity contribution in [1.82, 2.24) is 0 Å². The maximum absolute atomic E-state index is 12.4. The molecule has 0 aromatic carbocycles. The van der Waals surface area contributed by atoms with E-state index in [9.17, 15) is 4.39 Å². The Kier molecular flexibility index (Phi) is 9.94. The van der Waals surface area contributed by atoms with Gasteiger partial charge in [0.25, 0.3) is 0 Å². The van der Waals surface area contributed by atoms with Crippen LogP contribution in [0.1, 0.15) is 83.5 Å². The molecular formula is C17H29F. The number of rotatable bonds is 2. The molecule has 1 aliphatic carbocycles. The van der Waals surface area contributed by atoms with Crippen molar-refractivity contribution in [3.63, 3.8) is 0 Å². The molecule has 0 atom stereocenters. The van der Waals surface area contributed by atoms with Crippen LogP contribution in [-0.4, -0.2) is 6.67 Å². The standard InChI is InChI=1S/C17H29F/c18-16-15-17-13-11-9-7-5-3-1-2-4-6-8-10-12-14-17/h11H,1-10,12,14-16H2. The Morgan fingerprint density at radius 3 is 2.00 bits per heavy atom. The summed E-state index contributed by atoms with van der Waals surface area (Å²) in [6, 6.07) is 0. The zero-order valence-corrected chi connectivity index (χ0v) is 11.9. The Morgan fingerprint density at radius 2 is 1.39 bits per heavy atom. The number of alkyl halides is 1. The molecule has 0 aliphatic heterocycles. The Labute approximate surface area is 112 Å². The van der Waals surface area contributed by atoms with Gasteiger partial charge in [-0.15, -0.1) is 5.73 Å². The lowest BCUT2D eigenvalue weighted by molar-refractivity contribution is 0.486. The lowest BCUT2D eigenvalue weighted by Gasteiger charge is -2.03. The largest absolute Gasteiger partial charge is 0.251 e. The van der Waals surface area contributed by atoms with Crippen molar-refractivity contribution in [2.24, 2.45) is 0 Å². The van der Waals surface area contributed by atoms with Crippen molar-refractivity contribution >= 4 is 0 Å². The quantitative estimate of drug-likeness (QED) is 0.519. The van der Waals surface area contributed by atoms with E-state index >= 15 is 0 Å². The summed E-state index contributed by atoms with van der Waals surface area (Å²) in [5, 5.41) is 0. The number of allylic oxidation sites excluding steroid dienone is 1. The second-order valence-corrected chi connectivity index (χ2v) is 5.47. The Bertz CT molecular complexity index is 248. The lowest BCUT2D eigenvalue weighted by atomic mass is 10.0. The van der Waals surface area contributed by atoms with Crippen LogP contribution in [-0.2, 0) is 0 Å². The molecule has 0 nitrogen and oxygen atoms in total. The topological polar surface area (TPSA) is 0 Å².